The van der Waals surface area contributed by atoms with Gasteiger partial charge in [-0.25, -0.2) is 0 Å². The molecule has 6 heteroatoms. The van der Waals surface area contributed by atoms with Crippen molar-refractivity contribution in [1.82, 2.24) is 15.0 Å². The van der Waals surface area contributed by atoms with Crippen LogP contribution in [0.3, 0.4) is 0 Å². The third-order valence-corrected chi connectivity index (χ3v) is 2.52. The number of carbonyl (C=O) groups excluding carboxylic acids is 1. The van der Waals surface area contributed by atoms with Crippen LogP contribution in [0.4, 0.5) is 5.69 Å². The molecular formula is C12H14N4O2. The maximum absolute atomic E-state index is 11.7. The van der Waals surface area contributed by atoms with Gasteiger partial charge in [-0.1, -0.05) is 5.21 Å². The number of aryl methyl sites for hydroxylation is 2. The van der Waals surface area contributed by atoms with Gasteiger partial charge in [0.05, 0.1) is 12.7 Å². The highest BCUT2D eigenvalue weighted by atomic mass is 16.3. The second-order valence-corrected chi connectivity index (χ2v) is 3.96. The summed E-state index contributed by atoms with van der Waals surface area (Å²) in [6, 6.07) is 4.82. The first kappa shape index (κ1) is 12.1. The van der Waals surface area contributed by atoms with E-state index in [4.69, 9.17) is 0 Å². The summed E-state index contributed by atoms with van der Waals surface area (Å²) >= 11 is 0. The molecule has 1 aromatic heterocycles. The van der Waals surface area contributed by atoms with Gasteiger partial charge in [-0.05, 0) is 30.7 Å². The third-order valence-electron chi connectivity index (χ3n) is 2.52. The van der Waals surface area contributed by atoms with Crippen LogP contribution in [0.25, 0.3) is 0 Å². The van der Waals surface area contributed by atoms with E-state index in [1.165, 1.54) is 0 Å². The van der Waals surface area contributed by atoms with Crippen LogP contribution in [0.15, 0.2) is 30.6 Å². The lowest BCUT2D eigenvalue weighted by molar-refractivity contribution is -0.116. The molecule has 0 saturated heterocycles. The Balaban J connectivity index is 1.91. The monoisotopic (exact) mass is 246 g/mol. The lowest BCUT2D eigenvalue weighted by Gasteiger charge is -2.08. The van der Waals surface area contributed by atoms with Gasteiger partial charge in [0.15, 0.2) is 0 Å². The van der Waals surface area contributed by atoms with E-state index in [1.54, 1.807) is 35.3 Å². The van der Waals surface area contributed by atoms with E-state index in [0.717, 1.165) is 5.56 Å². The first-order valence-electron chi connectivity index (χ1n) is 5.59. The quantitative estimate of drug-likeness (QED) is 0.797. The summed E-state index contributed by atoms with van der Waals surface area (Å²) in [6.45, 7) is 2.32. The van der Waals surface area contributed by atoms with Crippen molar-refractivity contribution < 1.29 is 9.90 Å². The smallest absolute Gasteiger partial charge is 0.226 e. The number of rotatable bonds is 4. The van der Waals surface area contributed by atoms with Gasteiger partial charge in [0.1, 0.15) is 5.75 Å². The number of nitrogens with zero attached hydrogens (tertiary/aromatic N) is 3. The van der Waals surface area contributed by atoms with Crippen molar-refractivity contribution in [2.75, 3.05) is 5.32 Å². The predicted octanol–water partition coefficient (Wildman–Crippen LogP) is 1.32. The Hall–Kier alpha value is -2.37. The molecule has 0 radical (unpaired) electrons. The molecule has 0 unspecified atom stereocenters. The zero-order chi connectivity index (χ0) is 13.0. The number of hydrogen-bond acceptors (Lipinski definition) is 4. The molecule has 18 heavy (non-hydrogen) atoms. The summed E-state index contributed by atoms with van der Waals surface area (Å²) in [4.78, 5) is 11.7. The van der Waals surface area contributed by atoms with Crippen LogP contribution in [0, 0.1) is 6.92 Å². The number of amides is 1. The van der Waals surface area contributed by atoms with E-state index >= 15 is 0 Å². The molecule has 0 saturated carbocycles. The molecule has 94 valence electrons. The fourth-order valence-electron chi connectivity index (χ4n) is 1.57. The van der Waals surface area contributed by atoms with Crippen LogP contribution >= 0.6 is 0 Å². The molecule has 0 spiro atoms. The summed E-state index contributed by atoms with van der Waals surface area (Å²) < 4.78 is 1.60. The van der Waals surface area contributed by atoms with Crippen molar-refractivity contribution in [3.8, 4) is 5.75 Å². The highest BCUT2D eigenvalue weighted by Crippen LogP contribution is 2.20. The summed E-state index contributed by atoms with van der Waals surface area (Å²) in [6.07, 6.45) is 3.60. The minimum Gasteiger partial charge on any atom is -0.508 e. The predicted molar refractivity (Wildman–Crippen MR) is 66.1 cm³/mol. The number of carbonyl (C=O) groups is 1. The second kappa shape index (κ2) is 5.31. The Labute approximate surface area is 104 Å². The summed E-state index contributed by atoms with van der Waals surface area (Å²) in [5, 5.41) is 19.5. The second-order valence-electron chi connectivity index (χ2n) is 3.96. The molecule has 0 atom stereocenters. The molecule has 0 aliphatic rings. The molecule has 0 aliphatic heterocycles. The van der Waals surface area contributed by atoms with Crippen LogP contribution < -0.4 is 5.32 Å². The number of hydrogen-bond donors (Lipinski definition) is 2. The number of anilines is 1. The Kier molecular flexibility index (Phi) is 3.57. The molecule has 1 aromatic carbocycles. The molecule has 0 aliphatic carbocycles. The Morgan fingerprint density at radius 1 is 1.50 bits per heavy atom. The van der Waals surface area contributed by atoms with Crippen molar-refractivity contribution in [2.24, 2.45) is 0 Å². The van der Waals surface area contributed by atoms with Crippen molar-refractivity contribution in [3.05, 3.63) is 36.2 Å². The molecule has 1 heterocycles. The highest BCUT2D eigenvalue weighted by molar-refractivity contribution is 5.91. The van der Waals surface area contributed by atoms with Gasteiger partial charge < -0.3 is 10.4 Å². The molecule has 2 N–H and O–H groups in total. The largest absolute Gasteiger partial charge is 0.508 e. The SMILES string of the molecule is Cc1cc(O)ccc1NC(=O)CCn1ccnn1. The summed E-state index contributed by atoms with van der Waals surface area (Å²) in [7, 11) is 0. The van der Waals surface area contributed by atoms with Crippen LogP contribution in [0.2, 0.25) is 0 Å². The van der Waals surface area contributed by atoms with Gasteiger partial charge in [0, 0.05) is 18.3 Å². The summed E-state index contributed by atoms with van der Waals surface area (Å²) in [5.41, 5.74) is 1.53. The van der Waals surface area contributed by atoms with E-state index in [0.29, 0.717) is 18.7 Å². The Morgan fingerprint density at radius 2 is 2.33 bits per heavy atom. The topological polar surface area (TPSA) is 80.0 Å². The summed E-state index contributed by atoms with van der Waals surface area (Å²) in [5.74, 6) is 0.0902. The standard InChI is InChI=1S/C12H14N4O2/c1-9-8-10(17)2-3-11(9)14-12(18)4-6-16-7-5-13-15-16/h2-3,5,7-8,17H,4,6H2,1H3,(H,14,18). The molecule has 2 rings (SSSR count). The van der Waals surface area contributed by atoms with E-state index in [2.05, 4.69) is 15.6 Å². The van der Waals surface area contributed by atoms with Crippen molar-refractivity contribution in [1.29, 1.82) is 0 Å². The Morgan fingerprint density at radius 3 is 3.00 bits per heavy atom. The molecule has 1 amide bonds. The zero-order valence-electron chi connectivity index (χ0n) is 10.00. The van der Waals surface area contributed by atoms with E-state index < -0.39 is 0 Å². The van der Waals surface area contributed by atoms with Crippen molar-refractivity contribution in [2.45, 2.75) is 19.9 Å². The van der Waals surface area contributed by atoms with E-state index in [9.17, 15) is 9.90 Å². The minimum absolute atomic E-state index is 0.0979. The number of aromatic hydroxyl groups is 1. The first-order valence-corrected chi connectivity index (χ1v) is 5.59. The number of nitrogens with one attached hydrogen (secondary N) is 1. The van der Waals surface area contributed by atoms with Crippen LogP contribution in [-0.4, -0.2) is 26.0 Å². The number of phenolic OH excluding ortho intramolecular Hbond substituents is 1. The molecule has 6 nitrogen and oxygen atoms in total. The van der Waals surface area contributed by atoms with E-state index in [1.807, 2.05) is 6.92 Å². The maximum Gasteiger partial charge on any atom is 0.226 e. The highest BCUT2D eigenvalue weighted by Gasteiger charge is 2.05. The minimum atomic E-state index is -0.0979. The van der Waals surface area contributed by atoms with Gasteiger partial charge >= 0.3 is 0 Å². The lowest BCUT2D eigenvalue weighted by Crippen LogP contribution is -2.15. The van der Waals surface area contributed by atoms with Gasteiger partial charge in [-0.2, -0.15) is 0 Å². The molecule has 0 fully saturated rings. The fraction of sp³-hybridized carbons (Fsp3) is 0.250. The van der Waals surface area contributed by atoms with E-state index in [-0.39, 0.29) is 11.7 Å². The molecule has 2 aromatic rings. The van der Waals surface area contributed by atoms with Crippen molar-refractivity contribution >= 4 is 11.6 Å². The zero-order valence-corrected chi connectivity index (χ0v) is 10.00. The fourth-order valence-corrected chi connectivity index (χ4v) is 1.57. The number of aromatic nitrogens is 3. The number of benzene rings is 1. The normalized spacial score (nSPS) is 10.3. The average Bonchev–Trinajstić information content (AvgIpc) is 2.83. The maximum atomic E-state index is 11.7. The third kappa shape index (κ3) is 3.07. The molecule has 0 bridgehead atoms. The van der Waals surface area contributed by atoms with Gasteiger partial charge in [0.25, 0.3) is 0 Å². The molecular weight excluding hydrogens is 232 g/mol. The van der Waals surface area contributed by atoms with Gasteiger partial charge in [-0.15, -0.1) is 5.10 Å². The average molecular weight is 246 g/mol. The van der Waals surface area contributed by atoms with Gasteiger partial charge in [0.2, 0.25) is 5.91 Å². The van der Waals surface area contributed by atoms with Crippen LogP contribution in [0.5, 0.6) is 5.75 Å². The van der Waals surface area contributed by atoms with Crippen LogP contribution in [-0.2, 0) is 11.3 Å². The lowest BCUT2D eigenvalue weighted by atomic mass is 10.2. The van der Waals surface area contributed by atoms with Gasteiger partial charge in [-0.3, -0.25) is 9.48 Å². The number of phenols is 1. The Bertz CT molecular complexity index is 537. The van der Waals surface area contributed by atoms with Crippen molar-refractivity contribution in [3.63, 3.8) is 0 Å². The first-order chi connectivity index (χ1) is 8.65. The van der Waals surface area contributed by atoms with Crippen LogP contribution in [0.1, 0.15) is 12.0 Å².